The van der Waals surface area contributed by atoms with E-state index in [0.29, 0.717) is 13.1 Å². The molecule has 3 N–H and O–H groups in total. The molecule has 2 amide bonds. The Kier molecular flexibility index (Phi) is 6.71. The molecule has 0 saturated carbocycles. The average Bonchev–Trinajstić information content (AvgIpc) is 3.56. The zero-order valence-corrected chi connectivity index (χ0v) is 18.3. The second-order valence-electron chi connectivity index (χ2n) is 7.94. The third-order valence-corrected chi connectivity index (χ3v) is 5.68. The number of nitrogens with one attached hydrogen (secondary N) is 1. The Morgan fingerprint density at radius 1 is 0.939 bits per heavy atom. The molecule has 3 atom stereocenters. The van der Waals surface area contributed by atoms with Crippen molar-refractivity contribution in [2.45, 2.75) is 31.6 Å². The summed E-state index contributed by atoms with van der Waals surface area (Å²) in [6, 6.07) is 18.1. The number of carbonyl (C=O) groups is 2. The van der Waals surface area contributed by atoms with E-state index < -0.39 is 30.1 Å². The normalized spacial score (nSPS) is 16.3. The molecule has 0 bridgehead atoms. The molecule has 1 aromatic heterocycles. The van der Waals surface area contributed by atoms with E-state index in [9.17, 15) is 19.8 Å². The molecule has 2 heterocycles. The monoisotopic (exact) mass is 449 g/mol. The molecule has 1 aliphatic heterocycles. The Balaban J connectivity index is 1.37. The first kappa shape index (κ1) is 22.5. The van der Waals surface area contributed by atoms with Crippen LogP contribution in [0, 0.1) is 0 Å². The summed E-state index contributed by atoms with van der Waals surface area (Å²) in [7, 11) is 0. The lowest BCUT2D eigenvalue weighted by Crippen LogP contribution is -2.53. The van der Waals surface area contributed by atoms with Crippen LogP contribution in [0.15, 0.2) is 73.1 Å². The molecule has 9 nitrogen and oxygen atoms in total. The molecule has 1 aliphatic rings. The maximum absolute atomic E-state index is 12.9. The summed E-state index contributed by atoms with van der Waals surface area (Å²) in [6.45, 7) is 2.77. The van der Waals surface area contributed by atoms with Gasteiger partial charge in [0.15, 0.2) is 12.2 Å². The molecule has 4 rings (SSSR count). The molecule has 0 radical (unpaired) electrons. The van der Waals surface area contributed by atoms with Crippen LogP contribution >= 0.6 is 0 Å². The second-order valence-corrected chi connectivity index (χ2v) is 7.94. The average molecular weight is 450 g/mol. The third kappa shape index (κ3) is 4.89. The van der Waals surface area contributed by atoms with Gasteiger partial charge in [0.2, 0.25) is 0 Å². The van der Waals surface area contributed by atoms with E-state index in [4.69, 9.17) is 0 Å². The lowest BCUT2D eigenvalue weighted by molar-refractivity contribution is -0.153. The van der Waals surface area contributed by atoms with Gasteiger partial charge in [-0.05, 0) is 49.2 Å². The van der Waals surface area contributed by atoms with Crippen LogP contribution in [0.4, 0.5) is 5.69 Å². The highest BCUT2D eigenvalue weighted by Crippen LogP contribution is 2.22. The van der Waals surface area contributed by atoms with E-state index in [1.165, 1.54) is 5.01 Å². The van der Waals surface area contributed by atoms with Crippen molar-refractivity contribution in [3.05, 3.63) is 78.6 Å². The number of anilines is 1. The van der Waals surface area contributed by atoms with E-state index in [-0.39, 0.29) is 0 Å². The van der Waals surface area contributed by atoms with Gasteiger partial charge in [0.1, 0.15) is 0 Å². The zero-order valence-electron chi connectivity index (χ0n) is 18.3. The fourth-order valence-corrected chi connectivity index (χ4v) is 3.86. The standard InChI is InChI=1S/C24H27N5O4/c1-17(18-9-11-19(12-10-18)27-14-5-13-25-27)26-23(32)21(30)22(31)24(33)29-16-6-15-28(29)20-7-3-2-4-8-20/h2-5,7-14,17,21-22,30-31H,6,15-16H2,1H3,(H,26,32)/t17-,21-,22?/m1/s1. The number of hydrogen-bond acceptors (Lipinski definition) is 6. The molecule has 33 heavy (non-hydrogen) atoms. The number of rotatable bonds is 7. The Labute approximate surface area is 191 Å². The molecular formula is C24H27N5O4. The summed E-state index contributed by atoms with van der Waals surface area (Å²) in [4.78, 5) is 25.4. The summed E-state index contributed by atoms with van der Waals surface area (Å²) >= 11 is 0. The highest BCUT2D eigenvalue weighted by molar-refractivity contribution is 5.91. The van der Waals surface area contributed by atoms with Gasteiger partial charge in [0.25, 0.3) is 11.8 Å². The van der Waals surface area contributed by atoms with E-state index >= 15 is 0 Å². The number of benzene rings is 2. The number of hydrazine groups is 1. The molecule has 2 aromatic carbocycles. The Morgan fingerprint density at radius 2 is 1.67 bits per heavy atom. The summed E-state index contributed by atoms with van der Waals surface area (Å²) < 4.78 is 1.72. The van der Waals surface area contributed by atoms with Crippen molar-refractivity contribution in [2.75, 3.05) is 18.1 Å². The van der Waals surface area contributed by atoms with Gasteiger partial charge >= 0.3 is 0 Å². The molecular weight excluding hydrogens is 422 g/mol. The number of aromatic nitrogens is 2. The maximum Gasteiger partial charge on any atom is 0.273 e. The van der Waals surface area contributed by atoms with Crippen LogP contribution in [0.3, 0.4) is 0 Å². The minimum atomic E-state index is -1.89. The third-order valence-electron chi connectivity index (χ3n) is 5.68. The fourth-order valence-electron chi connectivity index (χ4n) is 3.86. The Bertz CT molecular complexity index is 1070. The fraction of sp³-hybridized carbons (Fsp3) is 0.292. The van der Waals surface area contributed by atoms with Crippen molar-refractivity contribution >= 4 is 17.5 Å². The predicted octanol–water partition coefficient (Wildman–Crippen LogP) is 1.43. The molecule has 3 aromatic rings. The van der Waals surface area contributed by atoms with E-state index in [1.807, 2.05) is 66.9 Å². The molecule has 1 saturated heterocycles. The largest absolute Gasteiger partial charge is 0.380 e. The van der Waals surface area contributed by atoms with Gasteiger partial charge in [-0.3, -0.25) is 19.6 Å². The van der Waals surface area contributed by atoms with E-state index in [1.54, 1.807) is 22.8 Å². The lowest BCUT2D eigenvalue weighted by atomic mass is 10.1. The molecule has 0 aliphatic carbocycles. The number of para-hydroxylation sites is 1. The van der Waals surface area contributed by atoms with Crippen LogP contribution in [0.2, 0.25) is 0 Å². The second kappa shape index (κ2) is 9.85. The Morgan fingerprint density at radius 3 is 2.33 bits per heavy atom. The van der Waals surface area contributed by atoms with Gasteiger partial charge in [-0.15, -0.1) is 0 Å². The van der Waals surface area contributed by atoms with Crippen LogP contribution in [0.1, 0.15) is 24.9 Å². The first-order valence-electron chi connectivity index (χ1n) is 10.9. The van der Waals surface area contributed by atoms with Crippen molar-refractivity contribution in [3.8, 4) is 5.69 Å². The highest BCUT2D eigenvalue weighted by Gasteiger charge is 2.37. The van der Waals surface area contributed by atoms with Gasteiger partial charge < -0.3 is 15.5 Å². The van der Waals surface area contributed by atoms with Gasteiger partial charge in [-0.1, -0.05) is 30.3 Å². The van der Waals surface area contributed by atoms with Gasteiger partial charge in [-0.2, -0.15) is 5.10 Å². The molecule has 0 spiro atoms. The predicted molar refractivity (Wildman–Crippen MR) is 122 cm³/mol. The SMILES string of the molecule is C[C@@H](NC(=O)[C@H](O)C(O)C(=O)N1CCCN1c1ccccc1)c1ccc(-n2cccn2)cc1. The molecule has 9 heteroatoms. The van der Waals surface area contributed by atoms with Crippen LogP contribution in [-0.2, 0) is 9.59 Å². The van der Waals surface area contributed by atoms with Crippen LogP contribution in [0.5, 0.6) is 0 Å². The van der Waals surface area contributed by atoms with Crippen molar-refractivity contribution in [1.29, 1.82) is 0 Å². The quantitative estimate of drug-likeness (QED) is 0.503. The summed E-state index contributed by atoms with van der Waals surface area (Å²) in [5, 5.41) is 30.8. The van der Waals surface area contributed by atoms with Gasteiger partial charge in [0.05, 0.1) is 17.4 Å². The number of carbonyl (C=O) groups excluding carboxylic acids is 2. The highest BCUT2D eigenvalue weighted by atomic mass is 16.3. The summed E-state index contributed by atoms with van der Waals surface area (Å²) in [6.07, 6.45) is 0.478. The molecule has 1 fully saturated rings. The maximum atomic E-state index is 12.9. The number of aliphatic hydroxyl groups is 2. The number of hydrogen-bond donors (Lipinski definition) is 3. The first-order valence-corrected chi connectivity index (χ1v) is 10.9. The first-order chi connectivity index (χ1) is 16.0. The summed E-state index contributed by atoms with van der Waals surface area (Å²) in [5.74, 6) is -1.53. The smallest absolute Gasteiger partial charge is 0.273 e. The summed E-state index contributed by atoms with van der Waals surface area (Å²) in [5.41, 5.74) is 2.49. The van der Waals surface area contributed by atoms with Crippen LogP contribution < -0.4 is 10.3 Å². The van der Waals surface area contributed by atoms with Crippen molar-refractivity contribution in [1.82, 2.24) is 20.1 Å². The number of nitrogens with zero attached hydrogens (tertiary/aromatic N) is 4. The van der Waals surface area contributed by atoms with Gasteiger partial charge in [-0.25, -0.2) is 4.68 Å². The van der Waals surface area contributed by atoms with Gasteiger partial charge in [0, 0.05) is 25.5 Å². The lowest BCUT2D eigenvalue weighted by Gasteiger charge is -2.32. The van der Waals surface area contributed by atoms with Crippen molar-refractivity contribution < 1.29 is 19.8 Å². The van der Waals surface area contributed by atoms with E-state index in [0.717, 1.165) is 23.4 Å². The van der Waals surface area contributed by atoms with Crippen LogP contribution in [0.25, 0.3) is 5.69 Å². The van der Waals surface area contributed by atoms with Crippen molar-refractivity contribution in [2.24, 2.45) is 0 Å². The molecule has 1 unspecified atom stereocenters. The molecule has 172 valence electrons. The zero-order chi connectivity index (χ0) is 23.4. The Hall–Kier alpha value is -3.69. The van der Waals surface area contributed by atoms with Crippen LogP contribution in [-0.4, -0.2) is 62.1 Å². The number of aliphatic hydroxyl groups excluding tert-OH is 2. The topological polar surface area (TPSA) is 111 Å². The van der Waals surface area contributed by atoms with E-state index in [2.05, 4.69) is 10.4 Å². The minimum absolute atomic E-state index is 0.401. The number of amides is 2. The van der Waals surface area contributed by atoms with Crippen molar-refractivity contribution in [3.63, 3.8) is 0 Å². The minimum Gasteiger partial charge on any atom is -0.380 e.